The van der Waals surface area contributed by atoms with Crippen molar-refractivity contribution < 1.29 is 0 Å². The maximum atomic E-state index is 5.96. The van der Waals surface area contributed by atoms with Gasteiger partial charge in [-0.2, -0.15) is 0 Å². The minimum absolute atomic E-state index is 0.487. The summed E-state index contributed by atoms with van der Waals surface area (Å²) in [6.45, 7) is 1.92. The van der Waals surface area contributed by atoms with Crippen molar-refractivity contribution in [3.63, 3.8) is 0 Å². The Labute approximate surface area is 101 Å². The summed E-state index contributed by atoms with van der Waals surface area (Å²) in [5.74, 6) is 0.510. The van der Waals surface area contributed by atoms with Gasteiger partial charge in [-0.15, -0.1) is 0 Å². The lowest BCUT2D eigenvalue weighted by Crippen LogP contribution is -2.08. The molecule has 0 unspecified atom stereocenters. The standard InChI is InChI=1S/C9H9BrCl2N2/c1-2-8(13)14-9-6(11)3-5(10)4-7(9)12/h3-4H,2H2,1H3,(H2,13,14). The molecule has 0 heterocycles. The van der Waals surface area contributed by atoms with Crippen molar-refractivity contribution in [2.75, 3.05) is 0 Å². The van der Waals surface area contributed by atoms with E-state index in [9.17, 15) is 0 Å². The van der Waals surface area contributed by atoms with Crippen LogP contribution >= 0.6 is 39.1 Å². The fourth-order valence-electron chi connectivity index (χ4n) is 0.864. The first kappa shape index (κ1) is 11.8. The normalized spacial score (nSPS) is 11.9. The van der Waals surface area contributed by atoms with E-state index in [1.54, 1.807) is 12.1 Å². The molecule has 0 radical (unpaired) electrons. The molecule has 0 saturated carbocycles. The number of hydrogen-bond donors (Lipinski definition) is 1. The molecule has 0 spiro atoms. The van der Waals surface area contributed by atoms with Crippen LogP contribution in [0.25, 0.3) is 0 Å². The molecule has 1 aromatic rings. The summed E-state index contributed by atoms with van der Waals surface area (Å²) < 4.78 is 0.821. The van der Waals surface area contributed by atoms with E-state index in [1.165, 1.54) is 0 Å². The second kappa shape index (κ2) is 5.01. The zero-order chi connectivity index (χ0) is 10.7. The second-order valence-corrected chi connectivity index (χ2v) is 4.40. The van der Waals surface area contributed by atoms with Gasteiger partial charge in [0.25, 0.3) is 0 Å². The van der Waals surface area contributed by atoms with Crippen LogP contribution in [0.15, 0.2) is 21.6 Å². The molecular formula is C9H9BrCl2N2. The molecule has 0 aliphatic rings. The van der Waals surface area contributed by atoms with Crippen molar-refractivity contribution in [3.8, 4) is 0 Å². The Morgan fingerprint density at radius 1 is 1.43 bits per heavy atom. The number of nitrogens with zero attached hydrogens (tertiary/aromatic N) is 1. The van der Waals surface area contributed by atoms with E-state index in [-0.39, 0.29) is 0 Å². The first-order valence-electron chi connectivity index (χ1n) is 4.02. The molecule has 0 fully saturated rings. The van der Waals surface area contributed by atoms with Gasteiger partial charge in [-0.05, 0) is 12.1 Å². The van der Waals surface area contributed by atoms with E-state index in [1.807, 2.05) is 6.92 Å². The molecule has 0 bridgehead atoms. The summed E-state index contributed by atoms with van der Waals surface area (Å²) in [6, 6.07) is 3.46. The minimum Gasteiger partial charge on any atom is -0.387 e. The van der Waals surface area contributed by atoms with Crippen LogP contribution in [-0.4, -0.2) is 5.84 Å². The van der Waals surface area contributed by atoms with Crippen LogP contribution in [0.1, 0.15) is 13.3 Å². The molecule has 0 saturated heterocycles. The highest BCUT2D eigenvalue weighted by Crippen LogP contribution is 2.36. The number of hydrogen-bond acceptors (Lipinski definition) is 1. The molecule has 5 heteroatoms. The molecule has 0 atom stereocenters. The summed E-state index contributed by atoms with van der Waals surface area (Å²) in [5, 5.41) is 0.974. The molecule has 0 aliphatic heterocycles. The Kier molecular flexibility index (Phi) is 4.23. The average molecular weight is 296 g/mol. The molecule has 14 heavy (non-hydrogen) atoms. The maximum absolute atomic E-state index is 5.96. The topological polar surface area (TPSA) is 38.4 Å². The Morgan fingerprint density at radius 2 is 1.93 bits per heavy atom. The molecule has 2 nitrogen and oxygen atoms in total. The predicted molar refractivity (Wildman–Crippen MR) is 65.7 cm³/mol. The SMILES string of the molecule is CCC(N)=Nc1c(Cl)cc(Br)cc1Cl. The zero-order valence-corrected chi connectivity index (χ0v) is 10.6. The monoisotopic (exact) mass is 294 g/mol. The summed E-state index contributed by atoms with van der Waals surface area (Å²) in [7, 11) is 0. The fourth-order valence-corrected chi connectivity index (χ4v) is 2.16. The molecule has 1 aromatic carbocycles. The van der Waals surface area contributed by atoms with Gasteiger partial charge >= 0.3 is 0 Å². The molecule has 0 amide bonds. The van der Waals surface area contributed by atoms with Crippen LogP contribution in [0.5, 0.6) is 0 Å². The Hall–Kier alpha value is -0.250. The predicted octanol–water partition coefficient (Wildman–Crippen LogP) is 4.15. The van der Waals surface area contributed by atoms with Crippen molar-refractivity contribution >= 4 is 50.7 Å². The molecule has 0 aromatic heterocycles. The zero-order valence-electron chi connectivity index (χ0n) is 7.52. The van der Waals surface area contributed by atoms with Gasteiger partial charge in [-0.25, -0.2) is 4.99 Å². The number of halogens is 3. The van der Waals surface area contributed by atoms with E-state index < -0.39 is 0 Å². The third-order valence-electron chi connectivity index (χ3n) is 1.60. The highest BCUT2D eigenvalue weighted by molar-refractivity contribution is 9.10. The maximum Gasteiger partial charge on any atom is 0.102 e. The number of aliphatic imine (C=N–C) groups is 1. The highest BCUT2D eigenvalue weighted by Gasteiger charge is 2.06. The van der Waals surface area contributed by atoms with Crippen LogP contribution in [0.4, 0.5) is 5.69 Å². The van der Waals surface area contributed by atoms with Crippen LogP contribution in [0.2, 0.25) is 10.0 Å². The van der Waals surface area contributed by atoms with Crippen molar-refractivity contribution in [3.05, 3.63) is 26.7 Å². The van der Waals surface area contributed by atoms with E-state index in [0.29, 0.717) is 28.0 Å². The van der Waals surface area contributed by atoms with E-state index in [0.717, 1.165) is 4.47 Å². The van der Waals surface area contributed by atoms with Gasteiger partial charge in [0.1, 0.15) is 5.69 Å². The van der Waals surface area contributed by atoms with E-state index >= 15 is 0 Å². The van der Waals surface area contributed by atoms with Crippen LogP contribution in [0.3, 0.4) is 0 Å². The first-order valence-corrected chi connectivity index (χ1v) is 5.57. The Morgan fingerprint density at radius 3 is 2.36 bits per heavy atom. The van der Waals surface area contributed by atoms with Gasteiger partial charge < -0.3 is 5.73 Å². The van der Waals surface area contributed by atoms with E-state index in [4.69, 9.17) is 28.9 Å². The van der Waals surface area contributed by atoms with Crippen molar-refractivity contribution in [1.82, 2.24) is 0 Å². The minimum atomic E-state index is 0.487. The second-order valence-electron chi connectivity index (χ2n) is 2.67. The summed E-state index contributed by atoms with van der Waals surface area (Å²) in [5.41, 5.74) is 6.13. The smallest absolute Gasteiger partial charge is 0.102 e. The molecule has 2 N–H and O–H groups in total. The number of amidine groups is 1. The molecule has 76 valence electrons. The quantitative estimate of drug-likeness (QED) is 0.646. The number of rotatable bonds is 2. The van der Waals surface area contributed by atoms with Crippen molar-refractivity contribution in [1.29, 1.82) is 0 Å². The lowest BCUT2D eigenvalue weighted by Gasteiger charge is -2.03. The van der Waals surface area contributed by atoms with Crippen molar-refractivity contribution in [2.24, 2.45) is 10.7 Å². The van der Waals surface area contributed by atoms with Gasteiger partial charge in [0.05, 0.1) is 15.9 Å². The number of nitrogens with two attached hydrogens (primary N) is 1. The lowest BCUT2D eigenvalue weighted by atomic mass is 10.3. The van der Waals surface area contributed by atoms with Gasteiger partial charge in [-0.1, -0.05) is 46.1 Å². The lowest BCUT2D eigenvalue weighted by molar-refractivity contribution is 1.24. The summed E-state index contributed by atoms with van der Waals surface area (Å²) >= 11 is 15.2. The summed E-state index contributed by atoms with van der Waals surface area (Å²) in [4.78, 5) is 4.13. The van der Waals surface area contributed by atoms with Crippen LogP contribution in [0, 0.1) is 0 Å². The average Bonchev–Trinajstić information content (AvgIpc) is 2.10. The van der Waals surface area contributed by atoms with E-state index in [2.05, 4.69) is 20.9 Å². The van der Waals surface area contributed by atoms with Crippen molar-refractivity contribution in [2.45, 2.75) is 13.3 Å². The third kappa shape index (κ3) is 2.87. The van der Waals surface area contributed by atoms with Gasteiger partial charge in [0, 0.05) is 10.9 Å². The van der Waals surface area contributed by atoms with Gasteiger partial charge in [0.2, 0.25) is 0 Å². The number of benzene rings is 1. The Balaban J connectivity index is 3.21. The van der Waals surface area contributed by atoms with Gasteiger partial charge in [0.15, 0.2) is 0 Å². The fraction of sp³-hybridized carbons (Fsp3) is 0.222. The highest BCUT2D eigenvalue weighted by atomic mass is 79.9. The molecule has 1 rings (SSSR count). The summed E-state index contributed by atoms with van der Waals surface area (Å²) in [6.07, 6.45) is 0.669. The Bertz CT molecular complexity index is 354. The third-order valence-corrected chi connectivity index (χ3v) is 2.63. The molecule has 0 aliphatic carbocycles. The largest absolute Gasteiger partial charge is 0.387 e. The van der Waals surface area contributed by atoms with Crippen LogP contribution in [-0.2, 0) is 0 Å². The first-order chi connectivity index (χ1) is 6.54. The van der Waals surface area contributed by atoms with Crippen LogP contribution < -0.4 is 5.73 Å². The van der Waals surface area contributed by atoms with Gasteiger partial charge in [-0.3, -0.25) is 0 Å². The molecular weight excluding hydrogens is 287 g/mol.